The van der Waals surface area contributed by atoms with E-state index in [2.05, 4.69) is 52.7 Å². The second-order valence-electron chi connectivity index (χ2n) is 7.14. The number of piperazine rings is 1. The number of benzene rings is 1. The number of rotatable bonds is 5. The van der Waals surface area contributed by atoms with Gasteiger partial charge in [-0.05, 0) is 32.1 Å². The molecule has 32 heavy (non-hydrogen) atoms. The molecule has 1 aromatic heterocycles. The van der Waals surface area contributed by atoms with Crippen LogP contribution in [0.25, 0.3) is 10.8 Å². The standard InChI is InChI=1S/C12H14N2S.C10H17N3O2.2H2O.H2/c1-3-14(2)12-10-5-4-6-11(15)9(10)7-8-13-12;1-3-9(14)12-6-10(15)13-5-4-11-8(2)7-13;;;/h4-8,15H,3H2,1-2H3;3,8,11H,1,4-7H2,2H3,(H,12,14);2*1H2;1H/t;8-;;;/m.0.../s1. The fourth-order valence-electron chi connectivity index (χ4n) is 3.13. The Hall–Kier alpha value is -2.66. The van der Waals surface area contributed by atoms with Crippen LogP contribution >= 0.6 is 12.6 Å². The Labute approximate surface area is 196 Å². The maximum Gasteiger partial charge on any atom is 0.243 e. The van der Waals surface area contributed by atoms with Gasteiger partial charge in [-0.3, -0.25) is 9.59 Å². The van der Waals surface area contributed by atoms with E-state index in [1.807, 2.05) is 38.4 Å². The quantitative estimate of drug-likeness (QED) is 0.438. The van der Waals surface area contributed by atoms with E-state index >= 15 is 0 Å². The highest BCUT2D eigenvalue weighted by molar-refractivity contribution is 7.80. The van der Waals surface area contributed by atoms with Gasteiger partial charge in [0.25, 0.3) is 0 Å². The molecule has 2 aromatic rings. The molecule has 6 N–H and O–H groups in total. The van der Waals surface area contributed by atoms with E-state index in [1.165, 1.54) is 0 Å². The minimum atomic E-state index is -0.313. The molecule has 0 aliphatic carbocycles. The summed E-state index contributed by atoms with van der Waals surface area (Å²) in [6.45, 7) is 10.7. The summed E-state index contributed by atoms with van der Waals surface area (Å²) < 4.78 is 0. The smallest absolute Gasteiger partial charge is 0.243 e. The molecule has 0 unspecified atom stereocenters. The second-order valence-corrected chi connectivity index (χ2v) is 7.62. The molecule has 0 saturated carbocycles. The number of pyridine rings is 1. The van der Waals surface area contributed by atoms with Crippen molar-refractivity contribution in [1.82, 2.24) is 20.5 Å². The molecule has 1 saturated heterocycles. The third-order valence-corrected chi connectivity index (χ3v) is 5.31. The number of thiol groups is 1. The van der Waals surface area contributed by atoms with Gasteiger partial charge in [0.2, 0.25) is 11.8 Å². The molecule has 0 spiro atoms. The van der Waals surface area contributed by atoms with Crippen LogP contribution in [0.5, 0.6) is 0 Å². The molecule has 1 atom stereocenters. The summed E-state index contributed by atoms with van der Waals surface area (Å²) >= 11 is 4.45. The zero-order valence-electron chi connectivity index (χ0n) is 18.9. The molecule has 10 heteroatoms. The Morgan fingerprint density at radius 3 is 2.72 bits per heavy atom. The molecule has 3 rings (SSSR count). The van der Waals surface area contributed by atoms with Crippen molar-refractivity contribution in [2.45, 2.75) is 24.8 Å². The first-order chi connectivity index (χ1) is 14.4. The van der Waals surface area contributed by atoms with E-state index in [9.17, 15) is 9.59 Å². The van der Waals surface area contributed by atoms with Crippen molar-refractivity contribution in [1.29, 1.82) is 0 Å². The summed E-state index contributed by atoms with van der Waals surface area (Å²) in [5.41, 5.74) is 0. The van der Waals surface area contributed by atoms with Crippen LogP contribution in [0.4, 0.5) is 5.82 Å². The number of amides is 2. The summed E-state index contributed by atoms with van der Waals surface area (Å²) in [6, 6.07) is 8.42. The molecular weight excluding hydrogens is 430 g/mol. The van der Waals surface area contributed by atoms with Crippen LogP contribution in [0.2, 0.25) is 0 Å². The third kappa shape index (κ3) is 8.12. The first kappa shape index (κ1) is 29.3. The summed E-state index contributed by atoms with van der Waals surface area (Å²) in [4.78, 5) is 31.8. The molecular formula is C22H37N5O4S. The average Bonchev–Trinajstić information content (AvgIpc) is 2.77. The van der Waals surface area contributed by atoms with Gasteiger partial charge in [0.15, 0.2) is 0 Å². The first-order valence-corrected chi connectivity index (χ1v) is 10.5. The number of carbonyl (C=O) groups excluding carboxylic acids is 2. The predicted molar refractivity (Wildman–Crippen MR) is 135 cm³/mol. The minimum Gasteiger partial charge on any atom is -0.412 e. The molecule has 1 aliphatic rings. The number of nitrogens with one attached hydrogen (secondary N) is 2. The number of hydrogen-bond acceptors (Lipinski definition) is 6. The van der Waals surface area contributed by atoms with Crippen molar-refractivity contribution in [3.05, 3.63) is 43.1 Å². The van der Waals surface area contributed by atoms with E-state index < -0.39 is 0 Å². The van der Waals surface area contributed by atoms with Gasteiger partial charge in [-0.25, -0.2) is 4.98 Å². The van der Waals surface area contributed by atoms with Gasteiger partial charge in [-0.2, -0.15) is 0 Å². The third-order valence-electron chi connectivity index (χ3n) is 4.92. The number of nitrogens with zero attached hydrogens (tertiary/aromatic N) is 3. The van der Waals surface area contributed by atoms with Crippen LogP contribution in [-0.4, -0.2) is 78.5 Å². The Balaban J connectivity index is 0. The highest BCUT2D eigenvalue weighted by atomic mass is 32.1. The molecule has 0 radical (unpaired) electrons. The molecule has 9 nitrogen and oxygen atoms in total. The van der Waals surface area contributed by atoms with Crippen molar-refractivity contribution in [3.63, 3.8) is 0 Å². The fraction of sp³-hybridized carbons (Fsp3) is 0.409. The molecule has 1 fully saturated rings. The highest BCUT2D eigenvalue weighted by Gasteiger charge is 2.20. The largest absolute Gasteiger partial charge is 0.412 e. The normalized spacial score (nSPS) is 14.8. The van der Waals surface area contributed by atoms with Crippen LogP contribution in [-0.2, 0) is 9.59 Å². The highest BCUT2D eigenvalue weighted by Crippen LogP contribution is 2.27. The van der Waals surface area contributed by atoms with E-state index in [-0.39, 0.29) is 30.7 Å². The monoisotopic (exact) mass is 467 g/mol. The number of hydrogen-bond donors (Lipinski definition) is 3. The van der Waals surface area contributed by atoms with Crippen molar-refractivity contribution < 1.29 is 22.0 Å². The molecule has 2 heterocycles. The summed E-state index contributed by atoms with van der Waals surface area (Å²) in [6.07, 6.45) is 3.00. The molecule has 1 aliphatic heterocycles. The van der Waals surface area contributed by atoms with Crippen LogP contribution in [0, 0.1) is 0 Å². The lowest BCUT2D eigenvalue weighted by Gasteiger charge is -2.31. The maximum absolute atomic E-state index is 11.6. The van der Waals surface area contributed by atoms with E-state index in [1.54, 1.807) is 4.90 Å². The molecule has 1 aromatic carbocycles. The zero-order valence-corrected chi connectivity index (χ0v) is 19.8. The predicted octanol–water partition coefficient (Wildman–Crippen LogP) is 0.685. The molecule has 180 valence electrons. The fourth-order valence-corrected chi connectivity index (χ4v) is 3.42. The maximum atomic E-state index is 11.6. The summed E-state index contributed by atoms with van der Waals surface area (Å²) in [5, 5.41) is 8.04. The van der Waals surface area contributed by atoms with Crippen molar-refractivity contribution in [2.75, 3.05) is 44.7 Å². The second kappa shape index (κ2) is 14.4. The topological polar surface area (TPSA) is 141 Å². The number of fused-ring (bicyclic) bond motifs is 1. The van der Waals surface area contributed by atoms with Gasteiger partial charge >= 0.3 is 0 Å². The average molecular weight is 468 g/mol. The van der Waals surface area contributed by atoms with Crippen molar-refractivity contribution >= 4 is 41.0 Å². The van der Waals surface area contributed by atoms with Crippen molar-refractivity contribution in [3.8, 4) is 0 Å². The molecule has 0 bridgehead atoms. The lowest BCUT2D eigenvalue weighted by atomic mass is 10.1. The Morgan fingerprint density at radius 2 is 2.09 bits per heavy atom. The van der Waals surface area contributed by atoms with Crippen LogP contribution in [0.3, 0.4) is 0 Å². The number of anilines is 1. The number of carbonyl (C=O) groups is 2. The van der Waals surface area contributed by atoms with Gasteiger partial charge in [0.05, 0.1) is 6.54 Å². The van der Waals surface area contributed by atoms with E-state index in [0.29, 0.717) is 19.1 Å². The van der Waals surface area contributed by atoms with Gasteiger partial charge in [-0.15, -0.1) is 12.6 Å². The lowest BCUT2D eigenvalue weighted by molar-refractivity contribution is -0.133. The lowest BCUT2D eigenvalue weighted by Crippen LogP contribution is -2.53. The first-order valence-electron chi connectivity index (χ1n) is 10.1. The Bertz CT molecular complexity index is 902. The Morgan fingerprint density at radius 1 is 1.38 bits per heavy atom. The van der Waals surface area contributed by atoms with Crippen LogP contribution in [0.1, 0.15) is 15.3 Å². The zero-order chi connectivity index (χ0) is 22.1. The summed E-state index contributed by atoms with van der Waals surface area (Å²) in [5.74, 6) is 0.663. The van der Waals surface area contributed by atoms with E-state index in [0.717, 1.165) is 40.7 Å². The number of aromatic nitrogens is 1. The minimum absolute atomic E-state index is 0. The van der Waals surface area contributed by atoms with Gasteiger partial charge < -0.3 is 31.4 Å². The summed E-state index contributed by atoms with van der Waals surface area (Å²) in [7, 11) is 2.05. The van der Waals surface area contributed by atoms with Gasteiger partial charge in [0.1, 0.15) is 5.82 Å². The van der Waals surface area contributed by atoms with Gasteiger partial charge in [0, 0.05) is 62.6 Å². The SMILES string of the molecule is C=CC(=O)NCC(=O)N1CCN[C@@H](C)C1.CCN(C)c1nccc2c(S)cccc12.O.O.[HH]. The van der Waals surface area contributed by atoms with E-state index in [4.69, 9.17) is 0 Å². The van der Waals surface area contributed by atoms with Crippen molar-refractivity contribution in [2.24, 2.45) is 0 Å². The van der Waals surface area contributed by atoms with Gasteiger partial charge in [-0.1, -0.05) is 18.7 Å². The molecule has 2 amide bonds. The Kier molecular flexibility index (Phi) is 13.2. The van der Waals surface area contributed by atoms with Crippen LogP contribution < -0.4 is 15.5 Å². The van der Waals surface area contributed by atoms with Crippen LogP contribution in [0.15, 0.2) is 48.0 Å².